The lowest BCUT2D eigenvalue weighted by Crippen LogP contribution is -2.18. The van der Waals surface area contributed by atoms with Crippen molar-refractivity contribution >= 4 is 5.97 Å². The fourth-order valence-electron chi connectivity index (χ4n) is 2.33. The molecule has 0 radical (unpaired) electrons. The molecule has 0 fully saturated rings. The number of aliphatic carboxylic acids is 1. The number of aliphatic hydroxyl groups excluding tert-OH is 1. The summed E-state index contributed by atoms with van der Waals surface area (Å²) in [6.45, 7) is 10.6. The monoisotopic (exact) mass is 272 g/mol. The molecule has 1 unspecified atom stereocenters. The first-order valence-corrected chi connectivity index (χ1v) is 7.42. The first-order chi connectivity index (χ1) is 8.52. The molecule has 0 saturated carbocycles. The van der Waals surface area contributed by atoms with Crippen LogP contribution in [-0.4, -0.2) is 22.3 Å². The summed E-state index contributed by atoms with van der Waals surface area (Å²) in [6.07, 6.45) is 5.56. The standard InChI is InChI=1S/C16H32O3/c1-15(2,3)10-6-8-13(17)9-7-11-16(4,5)12-14(18)19/h13,17H,6-12H2,1-5H3,(H,18,19). The van der Waals surface area contributed by atoms with Crippen molar-refractivity contribution in [2.45, 2.75) is 85.7 Å². The molecule has 0 aromatic rings. The molecule has 19 heavy (non-hydrogen) atoms. The lowest BCUT2D eigenvalue weighted by molar-refractivity contribution is -0.139. The van der Waals surface area contributed by atoms with Gasteiger partial charge in [0, 0.05) is 0 Å². The van der Waals surface area contributed by atoms with Crippen molar-refractivity contribution in [1.29, 1.82) is 0 Å². The highest BCUT2D eigenvalue weighted by molar-refractivity contribution is 5.67. The number of hydrogen-bond donors (Lipinski definition) is 2. The van der Waals surface area contributed by atoms with Crippen LogP contribution in [0.15, 0.2) is 0 Å². The number of carboxylic acids is 1. The third-order valence-corrected chi connectivity index (χ3v) is 3.48. The molecule has 0 aromatic carbocycles. The highest BCUT2D eigenvalue weighted by Crippen LogP contribution is 2.28. The van der Waals surface area contributed by atoms with E-state index in [9.17, 15) is 9.90 Å². The van der Waals surface area contributed by atoms with Gasteiger partial charge < -0.3 is 10.2 Å². The van der Waals surface area contributed by atoms with Gasteiger partial charge in [-0.2, -0.15) is 0 Å². The largest absolute Gasteiger partial charge is 0.481 e. The topological polar surface area (TPSA) is 57.5 Å². The summed E-state index contributed by atoms with van der Waals surface area (Å²) in [5.41, 5.74) is 0.167. The molecule has 3 heteroatoms. The molecule has 3 nitrogen and oxygen atoms in total. The van der Waals surface area contributed by atoms with Gasteiger partial charge in [-0.15, -0.1) is 0 Å². The Hall–Kier alpha value is -0.570. The van der Waals surface area contributed by atoms with E-state index in [0.29, 0.717) is 5.41 Å². The molecule has 2 N–H and O–H groups in total. The Kier molecular flexibility index (Phi) is 7.65. The summed E-state index contributed by atoms with van der Waals surface area (Å²) in [5.74, 6) is -0.740. The predicted octanol–water partition coefficient (Wildman–Crippen LogP) is 4.23. The van der Waals surface area contributed by atoms with Gasteiger partial charge in [0.25, 0.3) is 0 Å². The average molecular weight is 272 g/mol. The zero-order valence-corrected chi connectivity index (χ0v) is 13.3. The zero-order chi connectivity index (χ0) is 15.1. The van der Waals surface area contributed by atoms with Crippen LogP contribution in [0.3, 0.4) is 0 Å². The summed E-state index contributed by atoms with van der Waals surface area (Å²) in [6, 6.07) is 0. The minimum Gasteiger partial charge on any atom is -0.481 e. The summed E-state index contributed by atoms with van der Waals surface area (Å²) >= 11 is 0. The van der Waals surface area contributed by atoms with Crippen LogP contribution < -0.4 is 0 Å². The molecule has 0 amide bonds. The van der Waals surface area contributed by atoms with Gasteiger partial charge in [-0.25, -0.2) is 0 Å². The van der Waals surface area contributed by atoms with E-state index in [4.69, 9.17) is 5.11 Å². The Morgan fingerprint density at radius 1 is 1.00 bits per heavy atom. The summed E-state index contributed by atoms with van der Waals surface area (Å²) < 4.78 is 0. The summed E-state index contributed by atoms with van der Waals surface area (Å²) in [4.78, 5) is 10.7. The molecule has 0 aromatic heterocycles. The van der Waals surface area contributed by atoms with Crippen LogP contribution in [-0.2, 0) is 4.79 Å². The second-order valence-corrected chi connectivity index (χ2v) is 7.73. The van der Waals surface area contributed by atoms with Crippen molar-refractivity contribution in [2.75, 3.05) is 0 Å². The van der Waals surface area contributed by atoms with Crippen molar-refractivity contribution in [3.63, 3.8) is 0 Å². The van der Waals surface area contributed by atoms with Crippen LogP contribution in [0.2, 0.25) is 0 Å². The highest BCUT2D eigenvalue weighted by Gasteiger charge is 2.21. The maximum atomic E-state index is 10.7. The lowest BCUT2D eigenvalue weighted by Gasteiger charge is -2.23. The lowest BCUT2D eigenvalue weighted by atomic mass is 9.83. The fraction of sp³-hybridized carbons (Fsp3) is 0.938. The van der Waals surface area contributed by atoms with E-state index in [1.807, 2.05) is 13.8 Å². The molecule has 114 valence electrons. The average Bonchev–Trinajstić information content (AvgIpc) is 2.12. The van der Waals surface area contributed by atoms with Gasteiger partial charge in [0.15, 0.2) is 0 Å². The van der Waals surface area contributed by atoms with E-state index in [1.165, 1.54) is 0 Å². The molecule has 0 aliphatic rings. The normalized spacial score (nSPS) is 14.4. The van der Waals surface area contributed by atoms with E-state index >= 15 is 0 Å². The SMILES string of the molecule is CC(C)(C)CCCC(O)CCCC(C)(C)CC(=O)O. The Morgan fingerprint density at radius 3 is 1.89 bits per heavy atom. The van der Waals surface area contributed by atoms with Crippen LogP contribution in [0.4, 0.5) is 0 Å². The van der Waals surface area contributed by atoms with E-state index in [0.717, 1.165) is 38.5 Å². The predicted molar refractivity (Wildman–Crippen MR) is 79.2 cm³/mol. The first-order valence-electron chi connectivity index (χ1n) is 7.42. The van der Waals surface area contributed by atoms with Gasteiger partial charge >= 0.3 is 5.97 Å². The maximum Gasteiger partial charge on any atom is 0.303 e. The minimum absolute atomic E-state index is 0.170. The molecule has 0 spiro atoms. The van der Waals surface area contributed by atoms with E-state index < -0.39 is 5.97 Å². The first kappa shape index (κ1) is 18.4. The maximum absolute atomic E-state index is 10.7. The van der Waals surface area contributed by atoms with Gasteiger partial charge in [-0.3, -0.25) is 4.79 Å². The Balaban J connectivity index is 3.74. The second kappa shape index (κ2) is 7.88. The summed E-state index contributed by atoms with van der Waals surface area (Å²) in [7, 11) is 0. The van der Waals surface area contributed by atoms with E-state index in [-0.39, 0.29) is 17.9 Å². The van der Waals surface area contributed by atoms with Crippen molar-refractivity contribution in [1.82, 2.24) is 0 Å². The van der Waals surface area contributed by atoms with Crippen LogP contribution in [0.5, 0.6) is 0 Å². The number of aliphatic hydroxyl groups is 1. The van der Waals surface area contributed by atoms with E-state index in [2.05, 4.69) is 20.8 Å². The number of rotatable bonds is 9. The zero-order valence-electron chi connectivity index (χ0n) is 13.3. The van der Waals surface area contributed by atoms with Gasteiger partial charge in [0.2, 0.25) is 0 Å². The van der Waals surface area contributed by atoms with Crippen LogP contribution in [0, 0.1) is 10.8 Å². The second-order valence-electron chi connectivity index (χ2n) is 7.73. The van der Waals surface area contributed by atoms with Crippen LogP contribution >= 0.6 is 0 Å². The molecule has 0 aliphatic heterocycles. The number of carbonyl (C=O) groups is 1. The molecular weight excluding hydrogens is 240 g/mol. The van der Waals surface area contributed by atoms with Crippen LogP contribution in [0.25, 0.3) is 0 Å². The minimum atomic E-state index is -0.740. The quantitative estimate of drug-likeness (QED) is 0.660. The smallest absolute Gasteiger partial charge is 0.303 e. The fourth-order valence-corrected chi connectivity index (χ4v) is 2.33. The molecule has 0 heterocycles. The Morgan fingerprint density at radius 2 is 1.47 bits per heavy atom. The van der Waals surface area contributed by atoms with Gasteiger partial charge in [-0.05, 0) is 36.5 Å². The molecular formula is C16H32O3. The number of hydrogen-bond acceptors (Lipinski definition) is 2. The molecule has 1 atom stereocenters. The van der Waals surface area contributed by atoms with E-state index in [1.54, 1.807) is 0 Å². The third kappa shape index (κ3) is 12.2. The van der Waals surface area contributed by atoms with Gasteiger partial charge in [0.1, 0.15) is 0 Å². The van der Waals surface area contributed by atoms with Crippen molar-refractivity contribution < 1.29 is 15.0 Å². The molecule has 0 bridgehead atoms. The summed E-state index contributed by atoms with van der Waals surface area (Å²) in [5, 5.41) is 18.7. The van der Waals surface area contributed by atoms with Crippen LogP contribution in [0.1, 0.15) is 79.6 Å². The highest BCUT2D eigenvalue weighted by atomic mass is 16.4. The van der Waals surface area contributed by atoms with Gasteiger partial charge in [-0.1, -0.05) is 47.5 Å². The number of carboxylic acid groups (broad SMARTS) is 1. The van der Waals surface area contributed by atoms with Crippen molar-refractivity contribution in [3.8, 4) is 0 Å². The molecule has 0 saturated heterocycles. The Labute approximate surface area is 118 Å². The third-order valence-electron chi connectivity index (χ3n) is 3.48. The Bertz CT molecular complexity index is 264. The molecule has 0 rings (SSSR count). The molecule has 0 aliphatic carbocycles. The van der Waals surface area contributed by atoms with Gasteiger partial charge in [0.05, 0.1) is 12.5 Å². The van der Waals surface area contributed by atoms with Crippen molar-refractivity contribution in [2.24, 2.45) is 10.8 Å². The van der Waals surface area contributed by atoms with Crippen molar-refractivity contribution in [3.05, 3.63) is 0 Å².